The molecule has 1 atom stereocenters. The number of halogens is 1. The molecule has 1 aromatic carbocycles. The third kappa shape index (κ3) is 2.67. The molecule has 1 aliphatic heterocycles. The van der Waals surface area contributed by atoms with E-state index in [-0.39, 0.29) is 0 Å². The highest BCUT2D eigenvalue weighted by molar-refractivity contribution is 6.32. The van der Waals surface area contributed by atoms with Gasteiger partial charge in [0.2, 0.25) is 0 Å². The number of fused-ring (bicyclic) bond motifs is 1. The summed E-state index contributed by atoms with van der Waals surface area (Å²) in [4.78, 5) is 0. The molecule has 104 valence electrons. The molecular weight excluding hydrogens is 264 g/mol. The fourth-order valence-corrected chi connectivity index (χ4v) is 3.24. The van der Waals surface area contributed by atoms with Gasteiger partial charge in [0.1, 0.15) is 0 Å². The van der Waals surface area contributed by atoms with Crippen molar-refractivity contribution in [2.24, 2.45) is 5.92 Å². The maximum absolute atomic E-state index is 10.5. The molecular formula is C15H19ClO3. The van der Waals surface area contributed by atoms with Crippen LogP contribution in [-0.2, 0) is 0 Å². The Balaban J connectivity index is 1.89. The Hall–Kier alpha value is -0.930. The Kier molecular flexibility index (Phi) is 3.85. The van der Waals surface area contributed by atoms with Crippen LogP contribution in [0.5, 0.6) is 11.5 Å². The summed E-state index contributed by atoms with van der Waals surface area (Å²) in [5.74, 6) is 1.62. The van der Waals surface area contributed by atoms with Gasteiger partial charge in [0, 0.05) is 6.42 Å². The third-order valence-electron chi connectivity index (χ3n) is 4.01. The molecule has 1 aromatic rings. The van der Waals surface area contributed by atoms with Crippen LogP contribution in [0.1, 0.15) is 43.8 Å². The Morgan fingerprint density at radius 1 is 1.11 bits per heavy atom. The quantitative estimate of drug-likeness (QED) is 0.898. The molecule has 0 saturated heterocycles. The maximum atomic E-state index is 10.5. The van der Waals surface area contributed by atoms with Crippen molar-refractivity contribution in [1.82, 2.24) is 0 Å². The minimum Gasteiger partial charge on any atom is -0.489 e. The molecule has 0 bridgehead atoms. The zero-order valence-electron chi connectivity index (χ0n) is 10.9. The van der Waals surface area contributed by atoms with Gasteiger partial charge in [0.05, 0.1) is 24.3 Å². The third-order valence-corrected chi connectivity index (χ3v) is 4.29. The fraction of sp³-hybridized carbons (Fsp3) is 0.600. The van der Waals surface area contributed by atoms with E-state index in [1.807, 2.05) is 12.1 Å². The molecule has 4 heteroatoms. The van der Waals surface area contributed by atoms with Crippen LogP contribution in [0.3, 0.4) is 0 Å². The largest absolute Gasteiger partial charge is 0.489 e. The van der Waals surface area contributed by atoms with Gasteiger partial charge < -0.3 is 14.6 Å². The van der Waals surface area contributed by atoms with Gasteiger partial charge in [-0.05, 0) is 36.5 Å². The summed E-state index contributed by atoms with van der Waals surface area (Å²) in [6, 6.07) is 3.70. The van der Waals surface area contributed by atoms with Crippen molar-refractivity contribution in [2.75, 3.05) is 13.2 Å². The van der Waals surface area contributed by atoms with Crippen molar-refractivity contribution in [3.8, 4) is 11.5 Å². The van der Waals surface area contributed by atoms with E-state index in [2.05, 4.69) is 0 Å². The van der Waals surface area contributed by atoms with E-state index in [1.165, 1.54) is 12.8 Å². The smallest absolute Gasteiger partial charge is 0.179 e. The zero-order chi connectivity index (χ0) is 13.2. The summed E-state index contributed by atoms with van der Waals surface area (Å²) in [7, 11) is 0. The molecule has 0 aromatic heterocycles. The normalized spacial score (nSPS) is 21.2. The highest BCUT2D eigenvalue weighted by atomic mass is 35.5. The Morgan fingerprint density at radius 2 is 1.84 bits per heavy atom. The average molecular weight is 283 g/mol. The first-order valence-corrected chi connectivity index (χ1v) is 7.40. The lowest BCUT2D eigenvalue weighted by molar-refractivity contribution is 0.111. The van der Waals surface area contributed by atoms with Crippen LogP contribution in [-0.4, -0.2) is 18.3 Å². The highest BCUT2D eigenvalue weighted by Gasteiger charge is 2.26. The summed E-state index contributed by atoms with van der Waals surface area (Å²) in [5, 5.41) is 11.0. The predicted octanol–water partition coefficient (Wildman–Crippen LogP) is 3.72. The van der Waals surface area contributed by atoms with Crippen molar-refractivity contribution < 1.29 is 14.6 Å². The molecule has 19 heavy (non-hydrogen) atoms. The molecule has 3 rings (SSSR count). The van der Waals surface area contributed by atoms with Crippen LogP contribution >= 0.6 is 11.6 Å². The number of hydrogen-bond donors (Lipinski definition) is 1. The molecule has 1 heterocycles. The molecule has 1 fully saturated rings. The van der Waals surface area contributed by atoms with Gasteiger partial charge in [-0.1, -0.05) is 24.4 Å². The molecule has 0 spiro atoms. The predicted molar refractivity (Wildman–Crippen MR) is 74.0 cm³/mol. The first kappa shape index (κ1) is 13.1. The van der Waals surface area contributed by atoms with Gasteiger partial charge in [-0.2, -0.15) is 0 Å². The van der Waals surface area contributed by atoms with Crippen molar-refractivity contribution in [3.63, 3.8) is 0 Å². The lowest BCUT2D eigenvalue weighted by Crippen LogP contribution is -2.09. The monoisotopic (exact) mass is 282 g/mol. The summed E-state index contributed by atoms with van der Waals surface area (Å²) >= 11 is 6.25. The van der Waals surface area contributed by atoms with Crippen molar-refractivity contribution >= 4 is 11.6 Å². The Morgan fingerprint density at radius 3 is 2.63 bits per heavy atom. The first-order chi connectivity index (χ1) is 9.25. The van der Waals surface area contributed by atoms with Crippen LogP contribution in [0.2, 0.25) is 5.02 Å². The van der Waals surface area contributed by atoms with Gasteiger partial charge in [-0.15, -0.1) is 0 Å². The Bertz CT molecular complexity index is 455. The van der Waals surface area contributed by atoms with E-state index in [4.69, 9.17) is 21.1 Å². The van der Waals surface area contributed by atoms with Gasteiger partial charge in [0.25, 0.3) is 0 Å². The zero-order valence-corrected chi connectivity index (χ0v) is 11.7. The van der Waals surface area contributed by atoms with E-state index >= 15 is 0 Å². The molecule has 0 radical (unpaired) electrons. The molecule has 0 amide bonds. The topological polar surface area (TPSA) is 38.7 Å². The number of aliphatic hydroxyl groups excluding tert-OH is 1. The summed E-state index contributed by atoms with van der Waals surface area (Å²) < 4.78 is 11.3. The van der Waals surface area contributed by atoms with Gasteiger partial charge >= 0.3 is 0 Å². The molecule has 1 N–H and O–H groups in total. The minimum absolute atomic E-state index is 0.348. The summed E-state index contributed by atoms with van der Waals surface area (Å²) in [5.41, 5.74) is 0.848. The molecule has 2 aliphatic rings. The lowest BCUT2D eigenvalue weighted by atomic mass is 9.94. The first-order valence-electron chi connectivity index (χ1n) is 7.03. The van der Waals surface area contributed by atoms with Crippen LogP contribution in [0, 0.1) is 5.92 Å². The highest BCUT2D eigenvalue weighted by Crippen LogP contribution is 2.42. The SMILES string of the molecule is OC(c1cc(Cl)c2c(c1)OCCCO2)C1CCCC1. The number of hydrogen-bond acceptors (Lipinski definition) is 3. The van der Waals surface area contributed by atoms with Crippen LogP contribution in [0.15, 0.2) is 12.1 Å². The van der Waals surface area contributed by atoms with Crippen LogP contribution < -0.4 is 9.47 Å². The average Bonchev–Trinajstić information content (AvgIpc) is 2.83. The van der Waals surface area contributed by atoms with E-state index < -0.39 is 6.10 Å². The number of ether oxygens (including phenoxy) is 2. The van der Waals surface area contributed by atoms with Crippen LogP contribution in [0.25, 0.3) is 0 Å². The van der Waals surface area contributed by atoms with Crippen LogP contribution in [0.4, 0.5) is 0 Å². The van der Waals surface area contributed by atoms with E-state index in [9.17, 15) is 5.11 Å². The lowest BCUT2D eigenvalue weighted by Gasteiger charge is -2.20. The van der Waals surface area contributed by atoms with Gasteiger partial charge in [-0.25, -0.2) is 0 Å². The molecule has 1 aliphatic carbocycles. The standard InChI is InChI=1S/C15H19ClO3/c16-12-8-11(14(17)10-4-1-2-5-10)9-13-15(12)19-7-3-6-18-13/h8-10,14,17H,1-7H2. The number of rotatable bonds is 2. The number of benzene rings is 1. The maximum Gasteiger partial charge on any atom is 0.179 e. The second-order valence-corrected chi connectivity index (χ2v) is 5.78. The molecule has 1 unspecified atom stereocenters. The fourth-order valence-electron chi connectivity index (χ4n) is 2.97. The summed E-state index contributed by atoms with van der Waals surface area (Å²) in [6.45, 7) is 1.25. The van der Waals surface area contributed by atoms with Gasteiger partial charge in [0.15, 0.2) is 11.5 Å². The Labute approximate surface area is 118 Å². The van der Waals surface area contributed by atoms with E-state index in [0.29, 0.717) is 35.7 Å². The molecule has 3 nitrogen and oxygen atoms in total. The van der Waals surface area contributed by atoms with Crippen molar-refractivity contribution in [1.29, 1.82) is 0 Å². The summed E-state index contributed by atoms with van der Waals surface area (Å²) in [6.07, 6.45) is 5.00. The second-order valence-electron chi connectivity index (χ2n) is 5.37. The van der Waals surface area contributed by atoms with E-state index in [1.54, 1.807) is 0 Å². The minimum atomic E-state index is -0.447. The second kappa shape index (κ2) is 5.59. The van der Waals surface area contributed by atoms with Gasteiger partial charge in [-0.3, -0.25) is 0 Å². The van der Waals surface area contributed by atoms with Crippen molar-refractivity contribution in [3.05, 3.63) is 22.7 Å². The number of aliphatic hydroxyl groups is 1. The van der Waals surface area contributed by atoms with Crippen molar-refractivity contribution in [2.45, 2.75) is 38.2 Å². The molecule has 1 saturated carbocycles. The van der Waals surface area contributed by atoms with E-state index in [0.717, 1.165) is 24.8 Å².